The molecule has 1 N–H and O–H groups in total. The Balaban J connectivity index is 1.53. The van der Waals surface area contributed by atoms with E-state index in [1.165, 1.54) is 0 Å². The van der Waals surface area contributed by atoms with Crippen LogP contribution in [0.2, 0.25) is 5.02 Å². The maximum atomic E-state index is 12.3. The summed E-state index contributed by atoms with van der Waals surface area (Å²) in [6.45, 7) is 1.08. The van der Waals surface area contributed by atoms with Crippen LogP contribution < -0.4 is 5.32 Å². The van der Waals surface area contributed by atoms with Gasteiger partial charge in [-0.05, 0) is 65.2 Å². The first-order valence-corrected chi connectivity index (χ1v) is 8.81. The minimum atomic E-state index is -0.141. The van der Waals surface area contributed by atoms with E-state index in [0.29, 0.717) is 41.4 Å². The summed E-state index contributed by atoms with van der Waals surface area (Å²) in [7, 11) is 0. The SMILES string of the molecule is O=C(Nc1ccc(Cl)cc1)C1CCN(C(=O)c2ccc(Br)o2)CC1. The third-order valence-electron chi connectivity index (χ3n) is 4.05. The lowest BCUT2D eigenvalue weighted by molar-refractivity contribution is -0.121. The molecule has 24 heavy (non-hydrogen) atoms. The first-order chi connectivity index (χ1) is 11.5. The standard InChI is InChI=1S/C17H16BrClN2O3/c18-15-6-5-14(24-15)17(23)21-9-7-11(8-10-21)16(22)20-13-3-1-12(19)2-4-13/h1-6,11H,7-10H2,(H,20,22). The Bertz CT molecular complexity index is 737. The maximum Gasteiger partial charge on any atom is 0.289 e. The number of hydrogen-bond acceptors (Lipinski definition) is 3. The Morgan fingerprint density at radius 2 is 1.79 bits per heavy atom. The summed E-state index contributed by atoms with van der Waals surface area (Å²) in [6, 6.07) is 10.4. The zero-order valence-electron chi connectivity index (χ0n) is 12.8. The summed E-state index contributed by atoms with van der Waals surface area (Å²) >= 11 is 9.02. The van der Waals surface area contributed by atoms with E-state index in [1.54, 1.807) is 41.3 Å². The van der Waals surface area contributed by atoms with Gasteiger partial charge in [-0.2, -0.15) is 0 Å². The fourth-order valence-corrected chi connectivity index (χ4v) is 3.14. The highest BCUT2D eigenvalue weighted by atomic mass is 79.9. The lowest BCUT2D eigenvalue weighted by Crippen LogP contribution is -2.41. The molecule has 3 rings (SSSR count). The van der Waals surface area contributed by atoms with Crippen molar-refractivity contribution in [3.8, 4) is 0 Å². The van der Waals surface area contributed by atoms with Crippen LogP contribution in [0.4, 0.5) is 5.69 Å². The molecule has 0 radical (unpaired) electrons. The highest BCUT2D eigenvalue weighted by Crippen LogP contribution is 2.23. The van der Waals surface area contributed by atoms with Crippen molar-refractivity contribution in [1.82, 2.24) is 4.90 Å². The quantitative estimate of drug-likeness (QED) is 0.824. The molecule has 0 saturated carbocycles. The van der Waals surface area contributed by atoms with Crippen molar-refractivity contribution in [2.45, 2.75) is 12.8 Å². The van der Waals surface area contributed by atoms with Crippen molar-refractivity contribution in [2.75, 3.05) is 18.4 Å². The van der Waals surface area contributed by atoms with Crippen molar-refractivity contribution < 1.29 is 14.0 Å². The van der Waals surface area contributed by atoms with Crippen molar-refractivity contribution >= 4 is 45.0 Å². The van der Waals surface area contributed by atoms with Gasteiger partial charge in [-0.1, -0.05) is 11.6 Å². The molecule has 0 spiro atoms. The minimum Gasteiger partial charge on any atom is -0.444 e. The fraction of sp³-hybridized carbons (Fsp3) is 0.294. The van der Waals surface area contributed by atoms with Gasteiger partial charge in [-0.25, -0.2) is 0 Å². The molecule has 0 bridgehead atoms. The monoisotopic (exact) mass is 410 g/mol. The van der Waals surface area contributed by atoms with Gasteiger partial charge in [-0.15, -0.1) is 0 Å². The Morgan fingerprint density at radius 1 is 1.12 bits per heavy atom. The number of carbonyl (C=O) groups is 2. The number of amides is 2. The van der Waals surface area contributed by atoms with Crippen molar-refractivity contribution in [3.63, 3.8) is 0 Å². The maximum absolute atomic E-state index is 12.3. The smallest absolute Gasteiger partial charge is 0.289 e. The molecule has 1 aliphatic rings. The van der Waals surface area contributed by atoms with Crippen molar-refractivity contribution in [1.29, 1.82) is 0 Å². The number of likely N-dealkylation sites (tertiary alicyclic amines) is 1. The average Bonchev–Trinajstić information content (AvgIpc) is 3.03. The second-order valence-electron chi connectivity index (χ2n) is 5.67. The summed E-state index contributed by atoms with van der Waals surface area (Å²) in [5, 5.41) is 3.52. The van der Waals surface area contributed by atoms with Crippen molar-refractivity contribution in [2.24, 2.45) is 5.92 Å². The van der Waals surface area contributed by atoms with Crippen LogP contribution in [-0.2, 0) is 4.79 Å². The summed E-state index contributed by atoms with van der Waals surface area (Å²) in [5.41, 5.74) is 0.725. The van der Waals surface area contributed by atoms with E-state index in [0.717, 1.165) is 5.69 Å². The summed E-state index contributed by atoms with van der Waals surface area (Å²) in [5.74, 6) is 0.0430. The summed E-state index contributed by atoms with van der Waals surface area (Å²) in [6.07, 6.45) is 1.26. The number of rotatable bonds is 3. The predicted molar refractivity (Wildman–Crippen MR) is 95.1 cm³/mol. The zero-order valence-corrected chi connectivity index (χ0v) is 15.1. The number of halogens is 2. The molecule has 2 aromatic rings. The second kappa shape index (κ2) is 7.40. The molecule has 7 heteroatoms. The largest absolute Gasteiger partial charge is 0.444 e. The van der Waals surface area contributed by atoms with Gasteiger partial charge >= 0.3 is 0 Å². The number of piperidine rings is 1. The third-order valence-corrected chi connectivity index (χ3v) is 4.73. The summed E-state index contributed by atoms with van der Waals surface area (Å²) in [4.78, 5) is 26.4. The number of benzene rings is 1. The van der Waals surface area contributed by atoms with Gasteiger partial charge in [0, 0.05) is 29.7 Å². The first-order valence-electron chi connectivity index (χ1n) is 7.64. The molecular weight excluding hydrogens is 396 g/mol. The highest BCUT2D eigenvalue weighted by Gasteiger charge is 2.29. The molecule has 1 aliphatic heterocycles. The van der Waals surface area contributed by atoms with Crippen LogP contribution in [0.3, 0.4) is 0 Å². The van der Waals surface area contributed by atoms with Crippen LogP contribution in [0.5, 0.6) is 0 Å². The van der Waals surface area contributed by atoms with E-state index >= 15 is 0 Å². The van der Waals surface area contributed by atoms with E-state index in [9.17, 15) is 9.59 Å². The number of carbonyl (C=O) groups excluding carboxylic acids is 2. The zero-order chi connectivity index (χ0) is 17.1. The molecule has 1 saturated heterocycles. The van der Waals surface area contributed by atoms with Crippen LogP contribution >= 0.6 is 27.5 Å². The molecule has 1 fully saturated rings. The second-order valence-corrected chi connectivity index (χ2v) is 6.88. The molecule has 1 aromatic carbocycles. The number of nitrogens with one attached hydrogen (secondary N) is 1. The Labute approximate surface area is 153 Å². The molecule has 2 amide bonds. The van der Waals surface area contributed by atoms with Crippen LogP contribution in [-0.4, -0.2) is 29.8 Å². The van der Waals surface area contributed by atoms with E-state index in [2.05, 4.69) is 21.2 Å². The lowest BCUT2D eigenvalue weighted by atomic mass is 9.95. The van der Waals surface area contributed by atoms with Gasteiger partial charge in [0.2, 0.25) is 5.91 Å². The van der Waals surface area contributed by atoms with Gasteiger partial charge in [-0.3, -0.25) is 9.59 Å². The van der Waals surface area contributed by atoms with Gasteiger partial charge in [0.15, 0.2) is 10.4 Å². The normalized spacial score (nSPS) is 15.3. The number of anilines is 1. The molecule has 0 unspecified atom stereocenters. The topological polar surface area (TPSA) is 62.6 Å². The molecule has 0 atom stereocenters. The Hall–Kier alpha value is -1.79. The van der Waals surface area contributed by atoms with E-state index in [-0.39, 0.29) is 17.7 Å². The van der Waals surface area contributed by atoms with Crippen LogP contribution in [0.25, 0.3) is 0 Å². The average molecular weight is 412 g/mol. The van der Waals surface area contributed by atoms with E-state index < -0.39 is 0 Å². The van der Waals surface area contributed by atoms with Crippen LogP contribution in [0.1, 0.15) is 23.4 Å². The fourth-order valence-electron chi connectivity index (χ4n) is 2.71. The Kier molecular flexibility index (Phi) is 5.26. The van der Waals surface area contributed by atoms with Gasteiger partial charge < -0.3 is 14.6 Å². The van der Waals surface area contributed by atoms with Gasteiger partial charge in [0.1, 0.15) is 0 Å². The Morgan fingerprint density at radius 3 is 2.38 bits per heavy atom. The lowest BCUT2D eigenvalue weighted by Gasteiger charge is -2.30. The molecule has 0 aliphatic carbocycles. The van der Waals surface area contributed by atoms with Crippen LogP contribution in [0.15, 0.2) is 45.5 Å². The van der Waals surface area contributed by atoms with Gasteiger partial charge in [0.25, 0.3) is 5.91 Å². The third kappa shape index (κ3) is 3.99. The molecule has 1 aromatic heterocycles. The van der Waals surface area contributed by atoms with Gasteiger partial charge in [0.05, 0.1) is 0 Å². The first kappa shape index (κ1) is 17.0. The summed E-state index contributed by atoms with van der Waals surface area (Å²) < 4.78 is 5.83. The molecular formula is C17H16BrClN2O3. The number of hydrogen-bond donors (Lipinski definition) is 1. The molecule has 126 valence electrons. The van der Waals surface area contributed by atoms with Crippen molar-refractivity contribution in [3.05, 3.63) is 51.9 Å². The van der Waals surface area contributed by atoms with E-state index in [4.69, 9.17) is 16.0 Å². The molecule has 5 nitrogen and oxygen atoms in total. The highest BCUT2D eigenvalue weighted by molar-refractivity contribution is 9.10. The molecule has 2 heterocycles. The van der Waals surface area contributed by atoms with Crippen LogP contribution in [0, 0.1) is 5.92 Å². The number of nitrogens with zero attached hydrogens (tertiary/aromatic N) is 1. The number of furan rings is 1. The minimum absolute atomic E-state index is 0.0230. The predicted octanol–water partition coefficient (Wildman–Crippen LogP) is 4.19. The van der Waals surface area contributed by atoms with E-state index in [1.807, 2.05) is 0 Å².